The summed E-state index contributed by atoms with van der Waals surface area (Å²) in [5, 5.41) is 21.6. The fraction of sp³-hybridized carbons (Fsp3) is 0.444. The van der Waals surface area contributed by atoms with Crippen molar-refractivity contribution in [3.8, 4) is 0 Å². The summed E-state index contributed by atoms with van der Waals surface area (Å²) in [6, 6.07) is 8.60. The normalized spacial score (nSPS) is 22.2. The Kier molecular flexibility index (Phi) is 7.35. The number of hydrogen-bond acceptors (Lipinski definition) is 6. The van der Waals surface area contributed by atoms with Gasteiger partial charge in [0.1, 0.15) is 10.5 Å². The van der Waals surface area contributed by atoms with Gasteiger partial charge in [0.2, 0.25) is 0 Å². The molecule has 3 heterocycles. The van der Waals surface area contributed by atoms with Gasteiger partial charge in [-0.25, -0.2) is 9.78 Å². The summed E-state index contributed by atoms with van der Waals surface area (Å²) in [6.45, 7) is 10.3. The fourth-order valence-corrected chi connectivity index (χ4v) is 7.08. The van der Waals surface area contributed by atoms with Crippen molar-refractivity contribution in [3.63, 3.8) is 0 Å². The van der Waals surface area contributed by atoms with Crippen molar-refractivity contribution in [2.45, 2.75) is 70.4 Å². The van der Waals surface area contributed by atoms with Crippen LogP contribution in [0.15, 0.2) is 52.6 Å². The molecule has 36 heavy (non-hydrogen) atoms. The summed E-state index contributed by atoms with van der Waals surface area (Å²) < 4.78 is 0.820. The maximum atomic E-state index is 14.3. The van der Waals surface area contributed by atoms with Gasteiger partial charge in [0.25, 0.3) is 5.91 Å². The zero-order valence-corrected chi connectivity index (χ0v) is 23.5. The summed E-state index contributed by atoms with van der Waals surface area (Å²) in [5.74, 6) is -1.65. The predicted molar refractivity (Wildman–Crippen MR) is 143 cm³/mol. The third-order valence-electron chi connectivity index (χ3n) is 6.74. The number of aromatic nitrogens is 3. The first-order valence-corrected chi connectivity index (χ1v) is 13.7. The predicted octanol–water partition coefficient (Wildman–Crippen LogP) is 6.23. The average molecular weight is 572 g/mol. The monoisotopic (exact) mass is 570 g/mol. The highest BCUT2D eigenvalue weighted by Crippen LogP contribution is 2.54. The Morgan fingerprint density at radius 2 is 2.00 bits per heavy atom. The van der Waals surface area contributed by atoms with Crippen LogP contribution in [0.4, 0.5) is 0 Å². The van der Waals surface area contributed by atoms with Gasteiger partial charge in [-0.15, -0.1) is 11.3 Å². The van der Waals surface area contributed by atoms with Gasteiger partial charge >= 0.3 is 5.97 Å². The van der Waals surface area contributed by atoms with Gasteiger partial charge in [-0.05, 0) is 54.0 Å². The molecular formula is C27H31BrN4O3S. The molecule has 0 aliphatic carbocycles. The van der Waals surface area contributed by atoms with Crippen LogP contribution in [-0.2, 0) is 10.2 Å². The van der Waals surface area contributed by atoms with Crippen molar-refractivity contribution in [2.24, 2.45) is 5.92 Å². The number of carbonyl (C=O) groups excluding carboxylic acids is 1. The molecule has 1 amide bonds. The Morgan fingerprint density at radius 3 is 2.53 bits per heavy atom. The molecule has 4 rings (SSSR count). The fourth-order valence-electron chi connectivity index (χ4n) is 5.31. The smallest absolute Gasteiger partial charge is 0.329 e. The lowest BCUT2D eigenvalue weighted by Crippen LogP contribution is -2.54. The molecule has 0 saturated carbocycles. The summed E-state index contributed by atoms with van der Waals surface area (Å²) >= 11 is 5.06. The van der Waals surface area contributed by atoms with Crippen LogP contribution in [0.2, 0.25) is 0 Å². The molecule has 1 fully saturated rings. The maximum Gasteiger partial charge on any atom is 0.329 e. The minimum absolute atomic E-state index is 0.0453. The third kappa shape index (κ3) is 4.83. The van der Waals surface area contributed by atoms with Crippen LogP contribution < -0.4 is 0 Å². The van der Waals surface area contributed by atoms with Gasteiger partial charge in [0.15, 0.2) is 0 Å². The number of likely N-dealkylation sites (tertiary alicyclic amines) is 1. The first kappa shape index (κ1) is 26.4. The molecule has 1 aromatic carbocycles. The molecule has 190 valence electrons. The number of amides is 1. The molecule has 2 aromatic heterocycles. The van der Waals surface area contributed by atoms with Gasteiger partial charge in [-0.2, -0.15) is 10.2 Å². The van der Waals surface area contributed by atoms with E-state index in [9.17, 15) is 14.7 Å². The van der Waals surface area contributed by atoms with E-state index >= 15 is 0 Å². The van der Waals surface area contributed by atoms with Crippen molar-refractivity contribution in [1.29, 1.82) is 0 Å². The second kappa shape index (κ2) is 10.0. The highest BCUT2D eigenvalue weighted by atomic mass is 79.9. The Labute approximate surface area is 224 Å². The van der Waals surface area contributed by atoms with Gasteiger partial charge in [0.05, 0.1) is 11.7 Å². The van der Waals surface area contributed by atoms with Crippen LogP contribution in [0.1, 0.15) is 86.0 Å². The zero-order valence-electron chi connectivity index (χ0n) is 21.1. The van der Waals surface area contributed by atoms with E-state index in [0.717, 1.165) is 10.0 Å². The van der Waals surface area contributed by atoms with Crippen molar-refractivity contribution in [2.75, 3.05) is 0 Å². The van der Waals surface area contributed by atoms with Gasteiger partial charge in [0, 0.05) is 33.7 Å². The molecule has 0 bridgehead atoms. The zero-order chi connectivity index (χ0) is 26.3. The Morgan fingerprint density at radius 1 is 1.25 bits per heavy atom. The molecule has 0 radical (unpaired) electrons. The number of rotatable bonds is 6. The SMILES string of the molecule is CC(C)C[C@@]1(C(=O)O)C[C@H](c2cccnn2)[C@H](c2nccs2)N1C(=O)c1ccc(C(C)(C)C)c(Br)c1. The number of halogens is 1. The van der Waals surface area contributed by atoms with Gasteiger partial charge < -0.3 is 10.0 Å². The van der Waals surface area contributed by atoms with E-state index in [-0.39, 0.29) is 29.6 Å². The van der Waals surface area contributed by atoms with E-state index in [1.807, 2.05) is 31.4 Å². The molecule has 7 nitrogen and oxygen atoms in total. The quantitative estimate of drug-likeness (QED) is 0.377. The van der Waals surface area contributed by atoms with Crippen molar-refractivity contribution >= 4 is 39.1 Å². The highest BCUT2D eigenvalue weighted by molar-refractivity contribution is 9.10. The first-order valence-electron chi connectivity index (χ1n) is 12.0. The second-order valence-electron chi connectivity index (χ2n) is 10.8. The van der Waals surface area contributed by atoms with Crippen LogP contribution >= 0.6 is 27.3 Å². The summed E-state index contributed by atoms with van der Waals surface area (Å²) in [5.41, 5.74) is 0.633. The number of aliphatic carboxylic acids is 1. The third-order valence-corrected chi connectivity index (χ3v) is 8.24. The standard InChI is InChI=1S/C27H31BrN4O3S/c1-16(2)14-27(25(34)35)15-18(21-7-6-10-30-31-21)22(23-29-11-12-36-23)32(27)24(33)17-8-9-19(20(28)13-17)26(3,4)5/h6-13,16,18,22H,14-15H2,1-5H3,(H,34,35)/t18-,22-,27+/m1/s1. The van der Waals surface area contributed by atoms with Gasteiger partial charge in [-0.3, -0.25) is 4.79 Å². The molecule has 3 aromatic rings. The Balaban J connectivity index is 1.91. The summed E-state index contributed by atoms with van der Waals surface area (Å²) in [7, 11) is 0. The van der Waals surface area contributed by atoms with Crippen LogP contribution in [0.3, 0.4) is 0 Å². The molecule has 0 unspecified atom stereocenters. The topological polar surface area (TPSA) is 96.3 Å². The lowest BCUT2D eigenvalue weighted by molar-refractivity contribution is -0.150. The lowest BCUT2D eigenvalue weighted by Gasteiger charge is -2.39. The minimum Gasteiger partial charge on any atom is -0.479 e. The van der Waals surface area contributed by atoms with E-state index in [1.165, 1.54) is 11.3 Å². The van der Waals surface area contributed by atoms with E-state index < -0.39 is 17.6 Å². The van der Waals surface area contributed by atoms with Crippen LogP contribution in [0, 0.1) is 5.92 Å². The number of thiazole rings is 1. The number of carboxylic acids is 1. The van der Waals surface area contributed by atoms with E-state index in [1.54, 1.807) is 35.5 Å². The molecule has 3 atom stereocenters. The van der Waals surface area contributed by atoms with Crippen LogP contribution in [-0.4, -0.2) is 42.6 Å². The van der Waals surface area contributed by atoms with Crippen molar-refractivity contribution < 1.29 is 14.7 Å². The lowest BCUT2D eigenvalue weighted by atomic mass is 9.82. The number of nitrogens with zero attached hydrogens (tertiary/aromatic N) is 4. The molecule has 1 aliphatic rings. The Hall–Kier alpha value is -2.65. The number of hydrogen-bond donors (Lipinski definition) is 1. The number of carbonyl (C=O) groups is 2. The molecular weight excluding hydrogens is 540 g/mol. The largest absolute Gasteiger partial charge is 0.479 e. The minimum atomic E-state index is -1.42. The molecule has 0 spiro atoms. The van der Waals surface area contributed by atoms with Gasteiger partial charge in [-0.1, -0.05) is 56.6 Å². The van der Waals surface area contributed by atoms with Crippen molar-refractivity contribution in [1.82, 2.24) is 20.1 Å². The van der Waals surface area contributed by atoms with Crippen molar-refractivity contribution in [3.05, 3.63) is 74.4 Å². The average Bonchev–Trinajstić information content (AvgIpc) is 3.44. The van der Waals surface area contributed by atoms with E-state index in [2.05, 4.69) is 51.9 Å². The van der Waals surface area contributed by atoms with Crippen LogP contribution in [0.5, 0.6) is 0 Å². The molecule has 9 heteroatoms. The maximum absolute atomic E-state index is 14.3. The second-order valence-corrected chi connectivity index (χ2v) is 12.6. The molecule has 1 N–H and O–H groups in total. The van der Waals surface area contributed by atoms with Crippen LogP contribution in [0.25, 0.3) is 0 Å². The summed E-state index contributed by atoms with van der Waals surface area (Å²) in [6.07, 6.45) is 3.82. The first-order chi connectivity index (χ1) is 17.0. The Bertz CT molecular complexity index is 1240. The van der Waals surface area contributed by atoms with E-state index in [0.29, 0.717) is 22.7 Å². The summed E-state index contributed by atoms with van der Waals surface area (Å²) in [4.78, 5) is 33.5. The molecule has 1 aliphatic heterocycles. The number of benzene rings is 1. The van der Waals surface area contributed by atoms with E-state index in [4.69, 9.17) is 0 Å². The molecule has 1 saturated heterocycles. The number of carboxylic acid groups (broad SMARTS) is 1. The highest BCUT2D eigenvalue weighted by Gasteiger charge is 2.60.